The molecule has 0 atom stereocenters. The molecule has 3 aromatic rings. The molecule has 0 fully saturated rings. The lowest BCUT2D eigenvalue weighted by atomic mass is 9.95. The van der Waals surface area contributed by atoms with Crippen molar-refractivity contribution in [3.05, 3.63) is 39.4 Å². The van der Waals surface area contributed by atoms with Gasteiger partial charge in [0.2, 0.25) is 17.7 Å². The number of ether oxygens (including phenoxy) is 2. The average molecular weight is 530 g/mol. The summed E-state index contributed by atoms with van der Waals surface area (Å²) in [6.45, 7) is 4.61. The number of hydrogen-bond acceptors (Lipinski definition) is 7. The predicted octanol–water partition coefficient (Wildman–Crippen LogP) is 5.10. The van der Waals surface area contributed by atoms with E-state index in [0.29, 0.717) is 11.3 Å². The highest BCUT2D eigenvalue weighted by Crippen LogP contribution is 2.35. The highest BCUT2D eigenvalue weighted by Gasteiger charge is 2.22. The highest BCUT2D eigenvalue weighted by atomic mass is 35.5. The molecule has 3 N–H and O–H groups in total. The number of imidazole rings is 1. The van der Waals surface area contributed by atoms with Crippen molar-refractivity contribution in [2.45, 2.75) is 33.7 Å². The fourth-order valence-corrected chi connectivity index (χ4v) is 3.43. The van der Waals surface area contributed by atoms with Crippen LogP contribution in [0.25, 0.3) is 11.2 Å². The van der Waals surface area contributed by atoms with Crippen molar-refractivity contribution >= 4 is 57.9 Å². The maximum absolute atomic E-state index is 12.6. The Morgan fingerprint density at radius 3 is 2.54 bits per heavy atom. The molecule has 1 amide bonds. The molecule has 2 heterocycles. The first kappa shape index (κ1) is 26.4. The van der Waals surface area contributed by atoms with Crippen LogP contribution < -0.4 is 15.4 Å². The SMILES string of the molecule is COC(=O)c1cc2nc(Nc3c(Cl)ccc(CNC(=O)C(C)(C)C)c3Cl)[nH]c2nc1OCC(F)F. The molecule has 0 aliphatic rings. The van der Waals surface area contributed by atoms with Crippen molar-refractivity contribution in [2.75, 3.05) is 19.0 Å². The van der Waals surface area contributed by atoms with E-state index in [2.05, 4.69) is 30.3 Å². The van der Waals surface area contributed by atoms with E-state index in [4.69, 9.17) is 27.9 Å². The number of aromatic nitrogens is 3. The number of fused-ring (bicyclic) bond motifs is 1. The standard InChI is InChI=1S/C22H23Cl2F2N5O4/c1-22(2,3)20(33)27-8-10-5-6-12(23)16(15(10)24)29-21-28-13-7-11(19(32)34-4)18(30-17(13)31-21)35-9-14(25)26/h5-7,14H,8-9H2,1-4H3,(H,27,33)(H2,28,29,30,31). The minimum absolute atomic E-state index is 0.146. The number of aromatic amines is 1. The monoisotopic (exact) mass is 529 g/mol. The van der Waals surface area contributed by atoms with Crippen LogP contribution in [0.3, 0.4) is 0 Å². The van der Waals surface area contributed by atoms with Crippen LogP contribution in [0.1, 0.15) is 36.7 Å². The Labute approximate surface area is 209 Å². The minimum Gasteiger partial charge on any atom is -0.471 e. The number of hydrogen-bond donors (Lipinski definition) is 3. The van der Waals surface area contributed by atoms with Gasteiger partial charge in [-0.15, -0.1) is 0 Å². The molecule has 9 nitrogen and oxygen atoms in total. The lowest BCUT2D eigenvalue weighted by Crippen LogP contribution is -2.34. The summed E-state index contributed by atoms with van der Waals surface area (Å²) in [7, 11) is 1.14. The predicted molar refractivity (Wildman–Crippen MR) is 128 cm³/mol. The van der Waals surface area contributed by atoms with Crippen LogP contribution in [0.5, 0.6) is 5.88 Å². The smallest absolute Gasteiger partial charge is 0.343 e. The number of alkyl halides is 2. The van der Waals surface area contributed by atoms with Crippen LogP contribution in [-0.2, 0) is 16.1 Å². The molecule has 3 rings (SSSR count). The Hall–Kier alpha value is -3.18. The molecule has 0 saturated heterocycles. The van der Waals surface area contributed by atoms with Crippen LogP contribution in [0, 0.1) is 5.41 Å². The van der Waals surface area contributed by atoms with Gasteiger partial charge in [-0.05, 0) is 17.7 Å². The Morgan fingerprint density at radius 1 is 1.20 bits per heavy atom. The molecule has 35 heavy (non-hydrogen) atoms. The first-order valence-electron chi connectivity index (χ1n) is 10.3. The number of amides is 1. The number of pyridine rings is 1. The zero-order valence-electron chi connectivity index (χ0n) is 19.3. The first-order chi connectivity index (χ1) is 16.4. The molecule has 13 heteroatoms. The maximum atomic E-state index is 12.6. The third-order valence-electron chi connectivity index (χ3n) is 4.72. The number of carbonyl (C=O) groups is 2. The summed E-state index contributed by atoms with van der Waals surface area (Å²) in [4.78, 5) is 35.5. The minimum atomic E-state index is -2.76. The summed E-state index contributed by atoms with van der Waals surface area (Å²) in [6, 6.07) is 4.60. The number of halogens is 4. The molecular formula is C22H23Cl2F2N5O4. The summed E-state index contributed by atoms with van der Waals surface area (Å²) in [5.74, 6) is -1.13. The van der Waals surface area contributed by atoms with E-state index in [0.717, 1.165) is 7.11 Å². The normalized spacial score (nSPS) is 11.6. The van der Waals surface area contributed by atoms with E-state index >= 15 is 0 Å². The number of rotatable bonds is 8. The van der Waals surface area contributed by atoms with E-state index in [9.17, 15) is 18.4 Å². The van der Waals surface area contributed by atoms with Gasteiger partial charge in [0.15, 0.2) is 12.3 Å². The van der Waals surface area contributed by atoms with Crippen LogP contribution >= 0.6 is 23.2 Å². The molecule has 0 aliphatic heterocycles. The fraction of sp³-hybridized carbons (Fsp3) is 0.364. The number of anilines is 2. The topological polar surface area (TPSA) is 118 Å². The van der Waals surface area contributed by atoms with Crippen molar-refractivity contribution in [1.29, 1.82) is 0 Å². The second-order valence-corrected chi connectivity index (χ2v) is 9.23. The lowest BCUT2D eigenvalue weighted by molar-refractivity contribution is -0.128. The largest absolute Gasteiger partial charge is 0.471 e. The Bertz CT molecular complexity index is 1260. The van der Waals surface area contributed by atoms with Crippen LogP contribution in [0.4, 0.5) is 20.4 Å². The number of H-pyrrole nitrogens is 1. The molecule has 0 spiro atoms. The van der Waals surface area contributed by atoms with E-state index < -0.39 is 24.4 Å². The van der Waals surface area contributed by atoms with Gasteiger partial charge in [-0.25, -0.2) is 18.6 Å². The Kier molecular flexibility index (Phi) is 8.01. The molecule has 0 aliphatic carbocycles. The molecule has 0 bridgehead atoms. The Morgan fingerprint density at radius 2 is 1.91 bits per heavy atom. The van der Waals surface area contributed by atoms with Crippen molar-refractivity contribution in [2.24, 2.45) is 5.41 Å². The van der Waals surface area contributed by atoms with Gasteiger partial charge in [0.1, 0.15) is 11.1 Å². The van der Waals surface area contributed by atoms with Gasteiger partial charge >= 0.3 is 5.97 Å². The number of carbonyl (C=O) groups excluding carboxylic acids is 2. The zero-order chi connectivity index (χ0) is 25.9. The molecule has 0 unspecified atom stereocenters. The van der Waals surface area contributed by atoms with Crippen LogP contribution in [0.15, 0.2) is 18.2 Å². The highest BCUT2D eigenvalue weighted by molar-refractivity contribution is 6.39. The van der Waals surface area contributed by atoms with E-state index in [-0.39, 0.29) is 51.1 Å². The zero-order valence-corrected chi connectivity index (χ0v) is 20.8. The third-order valence-corrected chi connectivity index (χ3v) is 5.47. The van der Waals surface area contributed by atoms with Gasteiger partial charge in [-0.1, -0.05) is 50.0 Å². The molecule has 188 valence electrons. The Balaban J connectivity index is 1.91. The second-order valence-electron chi connectivity index (χ2n) is 8.44. The third kappa shape index (κ3) is 6.29. The summed E-state index contributed by atoms with van der Waals surface area (Å²) >= 11 is 12.9. The fourth-order valence-electron chi connectivity index (χ4n) is 2.90. The first-order valence-corrected chi connectivity index (χ1v) is 11.1. The van der Waals surface area contributed by atoms with Crippen molar-refractivity contribution < 1.29 is 27.8 Å². The lowest BCUT2D eigenvalue weighted by Gasteiger charge is -2.18. The molecule has 0 radical (unpaired) electrons. The van der Waals surface area contributed by atoms with E-state index in [1.54, 1.807) is 32.9 Å². The van der Waals surface area contributed by atoms with Crippen molar-refractivity contribution in [3.63, 3.8) is 0 Å². The van der Waals surface area contributed by atoms with Gasteiger partial charge in [0, 0.05) is 12.0 Å². The number of benzene rings is 1. The van der Waals surface area contributed by atoms with Gasteiger partial charge in [0.25, 0.3) is 6.43 Å². The number of nitrogens with zero attached hydrogens (tertiary/aromatic N) is 2. The van der Waals surface area contributed by atoms with Gasteiger partial charge in [0.05, 0.1) is 22.8 Å². The molecular weight excluding hydrogens is 507 g/mol. The number of esters is 1. The van der Waals surface area contributed by atoms with Crippen LogP contribution in [-0.4, -0.2) is 47.0 Å². The molecule has 2 aromatic heterocycles. The van der Waals surface area contributed by atoms with Gasteiger partial charge in [-0.2, -0.15) is 4.98 Å². The summed E-state index contributed by atoms with van der Waals surface area (Å²) in [6.07, 6.45) is -2.76. The summed E-state index contributed by atoms with van der Waals surface area (Å²) < 4.78 is 34.9. The molecule has 0 saturated carbocycles. The van der Waals surface area contributed by atoms with Crippen molar-refractivity contribution in [1.82, 2.24) is 20.3 Å². The quantitative estimate of drug-likeness (QED) is 0.347. The summed E-state index contributed by atoms with van der Waals surface area (Å²) in [5, 5.41) is 6.33. The maximum Gasteiger partial charge on any atom is 0.343 e. The van der Waals surface area contributed by atoms with E-state index in [1.807, 2.05) is 0 Å². The van der Waals surface area contributed by atoms with Crippen molar-refractivity contribution in [3.8, 4) is 5.88 Å². The van der Waals surface area contributed by atoms with Crippen LogP contribution in [0.2, 0.25) is 10.0 Å². The van der Waals surface area contributed by atoms with E-state index in [1.165, 1.54) is 6.07 Å². The number of methoxy groups -OCH3 is 1. The molecule has 1 aromatic carbocycles. The second kappa shape index (κ2) is 10.6. The number of nitrogens with one attached hydrogen (secondary N) is 3. The van der Waals surface area contributed by atoms with Gasteiger partial charge in [-0.3, -0.25) is 4.79 Å². The van der Waals surface area contributed by atoms with Gasteiger partial charge < -0.3 is 25.1 Å². The summed E-state index contributed by atoms with van der Waals surface area (Å²) in [5.41, 5.74) is 0.593. The average Bonchev–Trinajstić information content (AvgIpc) is 3.19.